The third kappa shape index (κ3) is 3.30. The molecule has 1 aromatic rings. The monoisotopic (exact) mass is 209 g/mol. The highest BCUT2D eigenvalue weighted by molar-refractivity contribution is 5.18. The van der Waals surface area contributed by atoms with Gasteiger partial charge in [-0.1, -0.05) is 30.3 Å². The second kappa shape index (κ2) is 5.85. The van der Waals surface area contributed by atoms with Crippen molar-refractivity contribution in [1.29, 1.82) is 0 Å². The largest absolute Gasteiger partial charge is 0.395 e. The van der Waals surface area contributed by atoms with Gasteiger partial charge in [-0.3, -0.25) is 4.90 Å². The van der Waals surface area contributed by atoms with Gasteiger partial charge in [0, 0.05) is 12.6 Å². The molecule has 0 saturated carbocycles. The molecule has 0 fully saturated rings. The van der Waals surface area contributed by atoms with Gasteiger partial charge in [0.05, 0.1) is 12.7 Å². The number of nitrogens with zero attached hydrogens (tertiary/aromatic N) is 1. The second-order valence-electron chi connectivity index (χ2n) is 3.80. The standard InChI is InChI=1S/C12H19NO2/c1-10(13(2)8-9-14)12(15)11-6-4-3-5-7-11/h3-7,10,12,14-15H,8-9H2,1-2H3. The first kappa shape index (κ1) is 12.2. The molecule has 0 aliphatic rings. The van der Waals surface area contributed by atoms with E-state index >= 15 is 0 Å². The van der Waals surface area contributed by atoms with Crippen LogP contribution in [-0.4, -0.2) is 41.4 Å². The van der Waals surface area contributed by atoms with Crippen molar-refractivity contribution in [2.24, 2.45) is 0 Å². The summed E-state index contributed by atoms with van der Waals surface area (Å²) in [6, 6.07) is 9.58. The van der Waals surface area contributed by atoms with E-state index in [4.69, 9.17) is 5.11 Å². The van der Waals surface area contributed by atoms with Crippen molar-refractivity contribution in [2.75, 3.05) is 20.2 Å². The zero-order valence-electron chi connectivity index (χ0n) is 9.30. The Bertz CT molecular complexity index is 276. The Morgan fingerprint density at radius 2 is 1.87 bits per heavy atom. The maximum absolute atomic E-state index is 10.1. The second-order valence-corrected chi connectivity index (χ2v) is 3.80. The lowest BCUT2D eigenvalue weighted by Gasteiger charge is -2.28. The summed E-state index contributed by atoms with van der Waals surface area (Å²) >= 11 is 0. The van der Waals surface area contributed by atoms with Crippen molar-refractivity contribution >= 4 is 0 Å². The lowest BCUT2D eigenvalue weighted by Crippen LogP contribution is -2.36. The number of hydrogen-bond donors (Lipinski definition) is 2. The predicted octanol–water partition coefficient (Wildman–Crippen LogP) is 1.03. The van der Waals surface area contributed by atoms with Crippen LogP contribution in [0.3, 0.4) is 0 Å². The first-order valence-corrected chi connectivity index (χ1v) is 5.21. The quantitative estimate of drug-likeness (QED) is 0.761. The molecule has 2 N–H and O–H groups in total. The van der Waals surface area contributed by atoms with Crippen molar-refractivity contribution in [1.82, 2.24) is 4.90 Å². The molecule has 0 spiro atoms. The molecule has 1 rings (SSSR count). The molecule has 2 atom stereocenters. The molecular weight excluding hydrogens is 190 g/mol. The Labute approximate surface area is 91.0 Å². The average Bonchev–Trinajstić information content (AvgIpc) is 2.28. The molecule has 0 bridgehead atoms. The van der Waals surface area contributed by atoms with E-state index in [-0.39, 0.29) is 12.6 Å². The van der Waals surface area contributed by atoms with E-state index in [9.17, 15) is 5.11 Å². The molecule has 0 amide bonds. The molecule has 1 aromatic carbocycles. The van der Waals surface area contributed by atoms with Gasteiger partial charge in [-0.25, -0.2) is 0 Å². The van der Waals surface area contributed by atoms with Gasteiger partial charge < -0.3 is 10.2 Å². The summed E-state index contributed by atoms with van der Waals surface area (Å²) in [5, 5.41) is 18.9. The van der Waals surface area contributed by atoms with E-state index in [0.717, 1.165) is 5.56 Å². The van der Waals surface area contributed by atoms with Gasteiger partial charge >= 0.3 is 0 Å². The highest BCUT2D eigenvalue weighted by Crippen LogP contribution is 2.19. The number of rotatable bonds is 5. The maximum Gasteiger partial charge on any atom is 0.0942 e. The molecule has 0 saturated heterocycles. The van der Waals surface area contributed by atoms with Crippen LogP contribution >= 0.6 is 0 Å². The maximum atomic E-state index is 10.1. The number of aliphatic hydroxyl groups excluding tert-OH is 2. The van der Waals surface area contributed by atoms with E-state index in [1.807, 2.05) is 49.2 Å². The van der Waals surface area contributed by atoms with Crippen molar-refractivity contribution in [3.05, 3.63) is 35.9 Å². The first-order chi connectivity index (χ1) is 7.16. The molecule has 3 heteroatoms. The van der Waals surface area contributed by atoms with E-state index in [1.54, 1.807) is 0 Å². The van der Waals surface area contributed by atoms with Crippen molar-refractivity contribution < 1.29 is 10.2 Å². The van der Waals surface area contributed by atoms with Gasteiger partial charge in [0.15, 0.2) is 0 Å². The zero-order valence-corrected chi connectivity index (χ0v) is 9.30. The predicted molar refractivity (Wildman–Crippen MR) is 60.6 cm³/mol. The van der Waals surface area contributed by atoms with Crippen LogP contribution < -0.4 is 0 Å². The zero-order chi connectivity index (χ0) is 11.3. The minimum Gasteiger partial charge on any atom is -0.395 e. The summed E-state index contributed by atoms with van der Waals surface area (Å²) in [5.41, 5.74) is 0.912. The molecule has 0 radical (unpaired) electrons. The van der Waals surface area contributed by atoms with E-state index in [0.29, 0.717) is 6.54 Å². The fourth-order valence-electron chi connectivity index (χ4n) is 1.53. The summed E-state index contributed by atoms with van der Waals surface area (Å²) in [6.45, 7) is 2.64. The topological polar surface area (TPSA) is 43.7 Å². The van der Waals surface area contributed by atoms with Gasteiger partial charge in [-0.15, -0.1) is 0 Å². The minimum atomic E-state index is -0.511. The van der Waals surface area contributed by atoms with E-state index < -0.39 is 6.10 Å². The fourth-order valence-corrected chi connectivity index (χ4v) is 1.53. The summed E-state index contributed by atoms with van der Waals surface area (Å²) in [6.07, 6.45) is -0.511. The smallest absolute Gasteiger partial charge is 0.0942 e. The van der Waals surface area contributed by atoms with Crippen LogP contribution in [0.1, 0.15) is 18.6 Å². The van der Waals surface area contributed by atoms with Gasteiger partial charge in [0.2, 0.25) is 0 Å². The van der Waals surface area contributed by atoms with Crippen molar-refractivity contribution in [2.45, 2.75) is 19.1 Å². The summed E-state index contributed by atoms with van der Waals surface area (Å²) in [7, 11) is 1.90. The van der Waals surface area contributed by atoms with Crippen molar-refractivity contribution in [3.63, 3.8) is 0 Å². The van der Waals surface area contributed by atoms with Crippen LogP contribution in [0.25, 0.3) is 0 Å². The number of aliphatic hydroxyl groups is 2. The molecule has 0 aliphatic carbocycles. The van der Waals surface area contributed by atoms with Crippen LogP contribution in [0.2, 0.25) is 0 Å². The van der Waals surface area contributed by atoms with Gasteiger partial charge in [0.25, 0.3) is 0 Å². The first-order valence-electron chi connectivity index (χ1n) is 5.21. The lowest BCUT2D eigenvalue weighted by atomic mass is 10.0. The number of likely N-dealkylation sites (N-methyl/N-ethyl adjacent to an activating group) is 1. The van der Waals surface area contributed by atoms with Crippen LogP contribution in [0.5, 0.6) is 0 Å². The number of benzene rings is 1. The number of hydrogen-bond acceptors (Lipinski definition) is 3. The third-order valence-electron chi connectivity index (χ3n) is 2.75. The molecule has 84 valence electrons. The highest BCUT2D eigenvalue weighted by Gasteiger charge is 2.19. The summed E-state index contributed by atoms with van der Waals surface area (Å²) in [5.74, 6) is 0. The van der Waals surface area contributed by atoms with Crippen LogP contribution in [0.4, 0.5) is 0 Å². The molecule has 2 unspecified atom stereocenters. The molecule has 0 aliphatic heterocycles. The summed E-state index contributed by atoms with van der Waals surface area (Å²) in [4.78, 5) is 1.94. The van der Waals surface area contributed by atoms with E-state index in [2.05, 4.69) is 0 Å². The summed E-state index contributed by atoms with van der Waals surface area (Å²) < 4.78 is 0. The Kier molecular flexibility index (Phi) is 4.75. The molecule has 15 heavy (non-hydrogen) atoms. The fraction of sp³-hybridized carbons (Fsp3) is 0.500. The van der Waals surface area contributed by atoms with Crippen LogP contribution in [0, 0.1) is 0 Å². The Morgan fingerprint density at radius 3 is 2.40 bits per heavy atom. The highest BCUT2D eigenvalue weighted by atomic mass is 16.3. The molecule has 3 nitrogen and oxygen atoms in total. The molecule has 0 aromatic heterocycles. The average molecular weight is 209 g/mol. The van der Waals surface area contributed by atoms with Gasteiger partial charge in [0.1, 0.15) is 0 Å². The molecule has 0 heterocycles. The minimum absolute atomic E-state index is 0.000417. The molecular formula is C12H19NO2. The van der Waals surface area contributed by atoms with Crippen molar-refractivity contribution in [3.8, 4) is 0 Å². The van der Waals surface area contributed by atoms with Gasteiger partial charge in [-0.05, 0) is 19.5 Å². The Hall–Kier alpha value is -0.900. The van der Waals surface area contributed by atoms with Crippen LogP contribution in [-0.2, 0) is 0 Å². The van der Waals surface area contributed by atoms with Crippen LogP contribution in [0.15, 0.2) is 30.3 Å². The Morgan fingerprint density at radius 1 is 1.27 bits per heavy atom. The Balaban J connectivity index is 2.64. The lowest BCUT2D eigenvalue weighted by molar-refractivity contribution is 0.0632. The SMILES string of the molecule is CC(C(O)c1ccccc1)N(C)CCO. The normalized spacial score (nSPS) is 15.3. The van der Waals surface area contributed by atoms with Gasteiger partial charge in [-0.2, -0.15) is 0 Å². The third-order valence-corrected chi connectivity index (χ3v) is 2.75. The van der Waals surface area contributed by atoms with E-state index in [1.165, 1.54) is 0 Å².